The first-order chi connectivity index (χ1) is 8.54. The molecule has 90 valence electrons. The zero-order chi connectivity index (χ0) is 13.3. The van der Waals surface area contributed by atoms with Gasteiger partial charge in [0.05, 0.1) is 9.95 Å². The molecule has 0 unspecified atom stereocenters. The van der Waals surface area contributed by atoms with E-state index in [2.05, 4.69) is 4.98 Å². The number of rotatable bonds is 2. The normalized spacial score (nSPS) is 10.0. The number of benzene rings is 1. The summed E-state index contributed by atoms with van der Waals surface area (Å²) in [5, 5.41) is 19.7. The van der Waals surface area contributed by atoms with E-state index in [-0.39, 0.29) is 33.7 Å². The van der Waals surface area contributed by atoms with E-state index >= 15 is 0 Å². The summed E-state index contributed by atoms with van der Waals surface area (Å²) in [5.74, 6) is -0.358. The SMILES string of the molecule is N#Cc1nc(-c2c(Cl)cccc2[N+](=O)[O-])oc1N. The number of nitrogens with zero attached hydrogens (tertiary/aromatic N) is 3. The van der Waals surface area contributed by atoms with Gasteiger partial charge in [0.25, 0.3) is 5.69 Å². The van der Waals surface area contributed by atoms with Crippen LogP contribution >= 0.6 is 11.6 Å². The summed E-state index contributed by atoms with van der Waals surface area (Å²) in [7, 11) is 0. The summed E-state index contributed by atoms with van der Waals surface area (Å²) >= 11 is 5.88. The van der Waals surface area contributed by atoms with Gasteiger partial charge in [0.1, 0.15) is 11.6 Å². The fourth-order valence-electron chi connectivity index (χ4n) is 1.40. The van der Waals surface area contributed by atoms with Crippen LogP contribution in [0.4, 0.5) is 11.6 Å². The highest BCUT2D eigenvalue weighted by Gasteiger charge is 2.24. The number of hydrogen-bond acceptors (Lipinski definition) is 6. The molecule has 0 atom stereocenters. The largest absolute Gasteiger partial charge is 0.419 e. The van der Waals surface area contributed by atoms with Crippen molar-refractivity contribution in [2.24, 2.45) is 0 Å². The lowest BCUT2D eigenvalue weighted by Gasteiger charge is -2.00. The van der Waals surface area contributed by atoms with Gasteiger partial charge in [0, 0.05) is 6.07 Å². The third-order valence-electron chi connectivity index (χ3n) is 2.16. The first-order valence-corrected chi connectivity index (χ1v) is 5.02. The molecule has 7 nitrogen and oxygen atoms in total. The Morgan fingerprint density at radius 1 is 1.56 bits per heavy atom. The molecule has 1 aromatic carbocycles. The predicted octanol–water partition coefficient (Wildman–Crippen LogP) is 2.36. The van der Waals surface area contributed by atoms with E-state index in [9.17, 15) is 10.1 Å². The average Bonchev–Trinajstić information content (AvgIpc) is 2.69. The minimum Gasteiger partial charge on any atom is -0.419 e. The quantitative estimate of drug-likeness (QED) is 0.657. The Morgan fingerprint density at radius 2 is 2.28 bits per heavy atom. The number of nitro groups is 1. The molecule has 0 aliphatic heterocycles. The molecule has 0 aliphatic carbocycles. The van der Waals surface area contributed by atoms with Gasteiger partial charge in [0.2, 0.25) is 17.5 Å². The van der Waals surface area contributed by atoms with E-state index in [1.165, 1.54) is 18.2 Å². The van der Waals surface area contributed by atoms with Gasteiger partial charge in [-0.15, -0.1) is 0 Å². The van der Waals surface area contributed by atoms with Gasteiger partial charge in [-0.2, -0.15) is 10.2 Å². The Morgan fingerprint density at radius 3 is 2.83 bits per heavy atom. The van der Waals surface area contributed by atoms with Crippen LogP contribution in [-0.2, 0) is 0 Å². The molecule has 2 rings (SSSR count). The molecule has 1 aromatic heterocycles. The van der Waals surface area contributed by atoms with Crippen molar-refractivity contribution in [2.45, 2.75) is 0 Å². The van der Waals surface area contributed by atoms with Gasteiger partial charge in [-0.3, -0.25) is 10.1 Å². The number of nitriles is 1. The fourth-order valence-corrected chi connectivity index (χ4v) is 1.65. The van der Waals surface area contributed by atoms with Crippen LogP contribution in [0.5, 0.6) is 0 Å². The predicted molar refractivity (Wildman–Crippen MR) is 62.7 cm³/mol. The summed E-state index contributed by atoms with van der Waals surface area (Å²) in [6, 6.07) is 5.86. The summed E-state index contributed by atoms with van der Waals surface area (Å²) < 4.78 is 5.02. The molecule has 8 heteroatoms. The number of oxazole rings is 1. The van der Waals surface area contributed by atoms with Gasteiger partial charge in [-0.1, -0.05) is 17.7 Å². The maximum atomic E-state index is 10.9. The molecule has 0 spiro atoms. The van der Waals surface area contributed by atoms with E-state index in [0.717, 1.165) is 0 Å². The third kappa shape index (κ3) is 1.85. The molecule has 2 aromatic rings. The lowest BCUT2D eigenvalue weighted by molar-refractivity contribution is -0.384. The van der Waals surface area contributed by atoms with Crippen LogP contribution in [0.15, 0.2) is 22.6 Å². The first kappa shape index (κ1) is 11.9. The smallest absolute Gasteiger partial charge is 0.283 e. The molecular weight excluding hydrogens is 260 g/mol. The lowest BCUT2D eigenvalue weighted by atomic mass is 10.2. The van der Waals surface area contributed by atoms with Crippen molar-refractivity contribution in [1.29, 1.82) is 5.26 Å². The van der Waals surface area contributed by atoms with Crippen LogP contribution in [-0.4, -0.2) is 9.91 Å². The average molecular weight is 265 g/mol. The Labute approximate surface area is 106 Å². The van der Waals surface area contributed by atoms with Crippen LogP contribution in [0.3, 0.4) is 0 Å². The second-order valence-electron chi connectivity index (χ2n) is 3.23. The minimum absolute atomic E-state index is 0.00244. The molecule has 0 saturated carbocycles. The Kier molecular flexibility index (Phi) is 2.87. The lowest BCUT2D eigenvalue weighted by Crippen LogP contribution is -1.92. The zero-order valence-electron chi connectivity index (χ0n) is 8.75. The fraction of sp³-hybridized carbons (Fsp3) is 0. The Bertz CT molecular complexity index is 674. The van der Waals surface area contributed by atoms with Crippen molar-refractivity contribution in [3.05, 3.63) is 39.0 Å². The molecule has 0 radical (unpaired) electrons. The highest BCUT2D eigenvalue weighted by atomic mass is 35.5. The Hall–Kier alpha value is -2.59. The second kappa shape index (κ2) is 4.35. The van der Waals surface area contributed by atoms with Crippen LogP contribution in [0.1, 0.15) is 5.69 Å². The second-order valence-corrected chi connectivity index (χ2v) is 3.64. The van der Waals surface area contributed by atoms with Crippen LogP contribution < -0.4 is 5.73 Å². The monoisotopic (exact) mass is 264 g/mol. The maximum Gasteiger partial charge on any atom is 0.283 e. The van der Waals surface area contributed by atoms with Crippen LogP contribution in [0.2, 0.25) is 5.02 Å². The summed E-state index contributed by atoms with van der Waals surface area (Å²) in [6.45, 7) is 0. The summed E-state index contributed by atoms with van der Waals surface area (Å²) in [4.78, 5) is 14.0. The van der Waals surface area contributed by atoms with Gasteiger partial charge < -0.3 is 10.2 Å². The molecule has 1 heterocycles. The zero-order valence-corrected chi connectivity index (χ0v) is 9.51. The van der Waals surface area contributed by atoms with Crippen LogP contribution in [0.25, 0.3) is 11.5 Å². The number of aromatic nitrogens is 1. The van der Waals surface area contributed by atoms with Crippen molar-refractivity contribution >= 4 is 23.2 Å². The number of nitrogen functional groups attached to an aromatic ring is 1. The van der Waals surface area contributed by atoms with Crippen molar-refractivity contribution < 1.29 is 9.34 Å². The number of nitro benzene ring substituents is 1. The van der Waals surface area contributed by atoms with Crippen molar-refractivity contribution in [3.8, 4) is 17.5 Å². The number of hydrogen-bond donors (Lipinski definition) is 1. The molecule has 0 amide bonds. The Balaban J connectivity index is 2.70. The third-order valence-corrected chi connectivity index (χ3v) is 2.48. The topological polar surface area (TPSA) is 119 Å². The van der Waals surface area contributed by atoms with E-state index in [1.54, 1.807) is 6.07 Å². The molecule has 2 N–H and O–H groups in total. The summed E-state index contributed by atoms with van der Waals surface area (Å²) in [5.41, 5.74) is 4.99. The highest BCUT2D eigenvalue weighted by Crippen LogP contribution is 2.36. The van der Waals surface area contributed by atoms with E-state index in [4.69, 9.17) is 27.0 Å². The molecular formula is C10H5ClN4O3. The summed E-state index contributed by atoms with van der Waals surface area (Å²) in [6.07, 6.45) is 0. The molecule has 0 fully saturated rings. The number of halogens is 1. The molecule has 0 saturated heterocycles. The van der Waals surface area contributed by atoms with Crippen molar-refractivity contribution in [3.63, 3.8) is 0 Å². The molecule has 18 heavy (non-hydrogen) atoms. The molecule has 0 bridgehead atoms. The van der Waals surface area contributed by atoms with E-state index in [0.29, 0.717) is 0 Å². The number of nitrogens with two attached hydrogens (primary N) is 1. The standard InChI is InChI=1S/C10H5ClN4O3/c11-5-2-1-3-7(15(16)17)8(5)10-14-6(4-12)9(13)18-10/h1-3H,13H2. The number of anilines is 1. The van der Waals surface area contributed by atoms with Crippen molar-refractivity contribution in [1.82, 2.24) is 4.98 Å². The molecule has 0 aliphatic rings. The first-order valence-electron chi connectivity index (χ1n) is 4.64. The van der Waals surface area contributed by atoms with Gasteiger partial charge in [-0.25, -0.2) is 0 Å². The van der Waals surface area contributed by atoms with Crippen molar-refractivity contribution in [2.75, 3.05) is 5.73 Å². The highest BCUT2D eigenvalue weighted by molar-refractivity contribution is 6.33. The van der Waals surface area contributed by atoms with Gasteiger partial charge >= 0.3 is 0 Å². The van der Waals surface area contributed by atoms with Crippen LogP contribution in [0, 0.1) is 21.4 Å². The minimum atomic E-state index is -0.617. The van der Waals surface area contributed by atoms with E-state index < -0.39 is 4.92 Å². The van der Waals surface area contributed by atoms with Gasteiger partial charge in [0.15, 0.2) is 0 Å². The maximum absolute atomic E-state index is 10.9. The van der Waals surface area contributed by atoms with E-state index in [1.807, 2.05) is 0 Å². The van der Waals surface area contributed by atoms with Gasteiger partial charge in [-0.05, 0) is 6.07 Å².